The van der Waals surface area contributed by atoms with E-state index in [2.05, 4.69) is 85.8 Å². The molecule has 0 spiro atoms. The third-order valence-electron chi connectivity index (χ3n) is 6.47. The number of piperazine rings is 1. The van der Waals surface area contributed by atoms with Crippen LogP contribution in [0.2, 0.25) is 5.02 Å². The standard InChI is InChI=1S/C26H28ClN7/c1-20-7-8-23(27)19-24(20)32-15-17-33(18-16-32)25(22-9-12-28-13-10-22)26-29-30-31-34(26)14-11-21-5-3-2-4-6-21/h2-10,12-13,19,25H,11,14-18H2,1H3/t25-/m0/s1. The minimum atomic E-state index is -0.0311. The number of pyridine rings is 1. The van der Waals surface area contributed by atoms with Crippen LogP contribution >= 0.6 is 11.6 Å². The van der Waals surface area contributed by atoms with E-state index in [0.29, 0.717) is 0 Å². The fourth-order valence-corrected chi connectivity index (χ4v) is 4.83. The van der Waals surface area contributed by atoms with Crippen molar-refractivity contribution >= 4 is 17.3 Å². The first-order chi connectivity index (χ1) is 16.7. The molecule has 0 amide bonds. The third-order valence-corrected chi connectivity index (χ3v) is 6.71. The summed E-state index contributed by atoms with van der Waals surface area (Å²) in [5.41, 5.74) is 4.88. The van der Waals surface area contributed by atoms with Crippen LogP contribution in [0, 0.1) is 6.92 Å². The van der Waals surface area contributed by atoms with Crippen LogP contribution in [0.25, 0.3) is 0 Å². The lowest BCUT2D eigenvalue weighted by molar-refractivity contribution is 0.200. The van der Waals surface area contributed by atoms with E-state index in [1.54, 1.807) is 0 Å². The molecule has 1 aliphatic heterocycles. The second kappa shape index (κ2) is 10.3. The zero-order valence-corrected chi connectivity index (χ0v) is 20.0. The van der Waals surface area contributed by atoms with Gasteiger partial charge in [0.05, 0.1) is 6.04 Å². The number of hydrogen-bond donors (Lipinski definition) is 0. The lowest BCUT2D eigenvalue weighted by atomic mass is 10.0. The SMILES string of the molecule is Cc1ccc(Cl)cc1N1CCN([C@@H](c2ccncc2)c2nnnn2CCc2ccccc2)CC1. The van der Waals surface area contributed by atoms with E-state index < -0.39 is 0 Å². The molecule has 1 saturated heterocycles. The first-order valence-electron chi connectivity index (χ1n) is 11.6. The summed E-state index contributed by atoms with van der Waals surface area (Å²) in [6, 6.07) is 20.7. The largest absolute Gasteiger partial charge is 0.369 e. The van der Waals surface area contributed by atoms with Gasteiger partial charge in [0, 0.05) is 55.8 Å². The minimum absolute atomic E-state index is 0.0311. The number of rotatable bonds is 7. The van der Waals surface area contributed by atoms with Crippen molar-refractivity contribution in [3.63, 3.8) is 0 Å². The summed E-state index contributed by atoms with van der Waals surface area (Å²) < 4.78 is 1.95. The van der Waals surface area contributed by atoms with Gasteiger partial charge in [-0.25, -0.2) is 4.68 Å². The summed E-state index contributed by atoms with van der Waals surface area (Å²) >= 11 is 6.29. The van der Waals surface area contributed by atoms with Gasteiger partial charge in [0.1, 0.15) is 0 Å². The Morgan fingerprint density at radius 3 is 2.47 bits per heavy atom. The number of halogens is 1. The van der Waals surface area contributed by atoms with Gasteiger partial charge >= 0.3 is 0 Å². The molecule has 1 fully saturated rings. The van der Waals surface area contributed by atoms with Gasteiger partial charge in [-0.15, -0.1) is 5.10 Å². The maximum atomic E-state index is 6.29. The Bertz CT molecular complexity index is 1200. The van der Waals surface area contributed by atoms with E-state index in [1.165, 1.54) is 16.8 Å². The monoisotopic (exact) mass is 473 g/mol. The fraction of sp³-hybridized carbons (Fsp3) is 0.308. The number of anilines is 1. The predicted octanol–water partition coefficient (Wildman–Crippen LogP) is 4.18. The van der Waals surface area contributed by atoms with E-state index in [4.69, 9.17) is 11.6 Å². The Morgan fingerprint density at radius 1 is 0.941 bits per heavy atom. The molecule has 7 nitrogen and oxygen atoms in total. The van der Waals surface area contributed by atoms with E-state index in [1.807, 2.05) is 29.2 Å². The molecule has 4 aromatic rings. The zero-order chi connectivity index (χ0) is 23.3. The van der Waals surface area contributed by atoms with Gasteiger partial charge in [-0.1, -0.05) is 48.0 Å². The van der Waals surface area contributed by atoms with E-state index in [9.17, 15) is 0 Å². The number of benzene rings is 2. The summed E-state index contributed by atoms with van der Waals surface area (Å²) in [6.45, 7) is 6.48. The quantitative estimate of drug-likeness (QED) is 0.401. The predicted molar refractivity (Wildman–Crippen MR) is 134 cm³/mol. The first kappa shape index (κ1) is 22.5. The second-order valence-electron chi connectivity index (χ2n) is 8.63. The smallest absolute Gasteiger partial charge is 0.173 e. The first-order valence-corrected chi connectivity index (χ1v) is 12.0. The molecule has 8 heteroatoms. The number of nitrogens with zero attached hydrogens (tertiary/aromatic N) is 7. The molecule has 0 N–H and O–H groups in total. The topological polar surface area (TPSA) is 63.0 Å². The third kappa shape index (κ3) is 4.95. The Hall–Kier alpha value is -3.29. The van der Waals surface area contributed by atoms with Crippen LogP contribution < -0.4 is 4.90 Å². The van der Waals surface area contributed by atoms with Gasteiger partial charge in [-0.3, -0.25) is 9.88 Å². The molecule has 0 bridgehead atoms. The average Bonchev–Trinajstić information content (AvgIpc) is 3.34. The average molecular weight is 474 g/mol. The lowest BCUT2D eigenvalue weighted by Gasteiger charge is -2.40. The minimum Gasteiger partial charge on any atom is -0.369 e. The lowest BCUT2D eigenvalue weighted by Crippen LogP contribution is -2.48. The summed E-state index contributed by atoms with van der Waals surface area (Å²) in [5, 5.41) is 13.7. The van der Waals surface area contributed by atoms with Gasteiger partial charge in [0.15, 0.2) is 5.82 Å². The summed E-state index contributed by atoms with van der Waals surface area (Å²) in [4.78, 5) is 9.11. The molecule has 2 aromatic heterocycles. The number of tetrazole rings is 1. The van der Waals surface area contributed by atoms with Crippen molar-refractivity contribution < 1.29 is 0 Å². The molecular weight excluding hydrogens is 446 g/mol. The highest BCUT2D eigenvalue weighted by Crippen LogP contribution is 2.30. The number of aryl methyl sites for hydroxylation is 3. The normalized spacial score (nSPS) is 15.4. The highest BCUT2D eigenvalue weighted by Gasteiger charge is 2.31. The van der Waals surface area contributed by atoms with Crippen LogP contribution in [0.15, 0.2) is 73.1 Å². The summed E-state index contributed by atoms with van der Waals surface area (Å²) in [7, 11) is 0. The molecule has 0 radical (unpaired) electrons. The second-order valence-corrected chi connectivity index (χ2v) is 9.07. The summed E-state index contributed by atoms with van der Waals surface area (Å²) in [6.07, 6.45) is 4.56. The van der Waals surface area contributed by atoms with Crippen LogP contribution in [0.1, 0.15) is 28.6 Å². The van der Waals surface area contributed by atoms with Crippen molar-refractivity contribution in [2.24, 2.45) is 0 Å². The molecular formula is C26H28ClN7. The van der Waals surface area contributed by atoms with E-state index >= 15 is 0 Å². The molecule has 0 unspecified atom stereocenters. The number of aromatic nitrogens is 5. The van der Waals surface area contributed by atoms with E-state index in [-0.39, 0.29) is 6.04 Å². The van der Waals surface area contributed by atoms with Crippen LogP contribution in [0.3, 0.4) is 0 Å². The van der Waals surface area contributed by atoms with Crippen LogP contribution in [-0.4, -0.2) is 56.3 Å². The van der Waals surface area contributed by atoms with Crippen LogP contribution in [-0.2, 0) is 13.0 Å². The molecule has 174 valence electrons. The molecule has 34 heavy (non-hydrogen) atoms. The highest BCUT2D eigenvalue weighted by molar-refractivity contribution is 6.30. The zero-order valence-electron chi connectivity index (χ0n) is 19.3. The van der Waals surface area contributed by atoms with Crippen LogP contribution in [0.4, 0.5) is 5.69 Å². The van der Waals surface area contributed by atoms with Crippen molar-refractivity contribution in [3.05, 3.63) is 101 Å². The van der Waals surface area contributed by atoms with Crippen molar-refractivity contribution in [2.75, 3.05) is 31.1 Å². The van der Waals surface area contributed by atoms with Gasteiger partial charge < -0.3 is 4.90 Å². The Kier molecular flexibility index (Phi) is 6.83. The number of hydrogen-bond acceptors (Lipinski definition) is 6. The fourth-order valence-electron chi connectivity index (χ4n) is 4.66. The van der Waals surface area contributed by atoms with Crippen molar-refractivity contribution in [3.8, 4) is 0 Å². The Morgan fingerprint density at radius 2 is 1.71 bits per heavy atom. The van der Waals surface area contributed by atoms with Crippen molar-refractivity contribution in [1.82, 2.24) is 30.1 Å². The van der Waals surface area contributed by atoms with Gasteiger partial charge in [-0.2, -0.15) is 0 Å². The molecule has 5 rings (SSSR count). The maximum absolute atomic E-state index is 6.29. The molecule has 1 aliphatic rings. The Balaban J connectivity index is 1.37. The van der Waals surface area contributed by atoms with Crippen molar-refractivity contribution in [1.29, 1.82) is 0 Å². The molecule has 0 aliphatic carbocycles. The van der Waals surface area contributed by atoms with Gasteiger partial charge in [0.2, 0.25) is 0 Å². The van der Waals surface area contributed by atoms with Crippen molar-refractivity contribution in [2.45, 2.75) is 25.9 Å². The van der Waals surface area contributed by atoms with Crippen LogP contribution in [0.5, 0.6) is 0 Å². The highest BCUT2D eigenvalue weighted by atomic mass is 35.5. The molecule has 0 saturated carbocycles. The summed E-state index contributed by atoms with van der Waals surface area (Å²) in [5.74, 6) is 0.870. The van der Waals surface area contributed by atoms with Gasteiger partial charge in [0.25, 0.3) is 0 Å². The molecule has 3 heterocycles. The molecule has 1 atom stereocenters. The maximum Gasteiger partial charge on any atom is 0.173 e. The van der Waals surface area contributed by atoms with Gasteiger partial charge in [-0.05, 0) is 64.7 Å². The molecule has 2 aromatic carbocycles. The Labute approximate surface area is 205 Å². The van der Waals surface area contributed by atoms with E-state index in [0.717, 1.165) is 55.6 Å².